The molecule has 0 radical (unpaired) electrons. The van der Waals surface area contributed by atoms with Gasteiger partial charge in [0.15, 0.2) is 0 Å². The van der Waals surface area contributed by atoms with Gasteiger partial charge < -0.3 is 9.84 Å². The van der Waals surface area contributed by atoms with Gasteiger partial charge in [-0.3, -0.25) is 4.79 Å². The van der Waals surface area contributed by atoms with Gasteiger partial charge in [0.2, 0.25) is 0 Å². The average molecular weight is 339 g/mol. The maximum Gasteiger partial charge on any atom is 0.541 e. The molecule has 1 aliphatic rings. The molecule has 4 unspecified atom stereocenters. The van der Waals surface area contributed by atoms with Crippen molar-refractivity contribution in [3.63, 3.8) is 0 Å². The summed E-state index contributed by atoms with van der Waals surface area (Å²) >= 11 is 0. The second kappa shape index (κ2) is 8.00. The summed E-state index contributed by atoms with van der Waals surface area (Å²) in [6.07, 6.45) is 2.94. The van der Waals surface area contributed by atoms with E-state index >= 15 is 0 Å². The zero-order valence-electron chi connectivity index (χ0n) is 13.4. The third-order valence-electron chi connectivity index (χ3n) is 4.70. The quantitative estimate of drug-likeness (QED) is 0.707. The SMILES string of the molecule is CC(CCCC1([P+](=O)O)OCCC1Cc1ccccc1)C(=O)O. The number of ether oxygens (including phenoxy) is 1. The third-order valence-corrected chi connectivity index (χ3v) is 6.06. The van der Waals surface area contributed by atoms with Crippen molar-refractivity contribution in [1.82, 2.24) is 0 Å². The van der Waals surface area contributed by atoms with Crippen LogP contribution in [-0.4, -0.2) is 27.9 Å². The highest BCUT2D eigenvalue weighted by atomic mass is 31.1. The summed E-state index contributed by atoms with van der Waals surface area (Å²) in [6.45, 7) is 2.14. The van der Waals surface area contributed by atoms with Crippen molar-refractivity contribution in [2.45, 2.75) is 44.4 Å². The van der Waals surface area contributed by atoms with Crippen LogP contribution in [0.5, 0.6) is 0 Å². The first kappa shape index (κ1) is 18.1. The highest BCUT2D eigenvalue weighted by Crippen LogP contribution is 2.52. The summed E-state index contributed by atoms with van der Waals surface area (Å²) in [5.74, 6) is -1.29. The van der Waals surface area contributed by atoms with Gasteiger partial charge in [-0.2, -0.15) is 4.89 Å². The fraction of sp³-hybridized carbons (Fsp3) is 0.588. The van der Waals surface area contributed by atoms with Crippen molar-refractivity contribution in [2.24, 2.45) is 11.8 Å². The van der Waals surface area contributed by atoms with E-state index in [4.69, 9.17) is 9.84 Å². The number of aliphatic carboxylic acids is 1. The summed E-state index contributed by atoms with van der Waals surface area (Å²) in [5.41, 5.74) is 1.13. The molecule has 2 rings (SSSR count). The fourth-order valence-electron chi connectivity index (χ4n) is 3.25. The average Bonchev–Trinajstić information content (AvgIpc) is 2.92. The smallest absolute Gasteiger partial charge is 0.481 e. The van der Waals surface area contributed by atoms with Crippen LogP contribution >= 0.6 is 8.03 Å². The minimum Gasteiger partial charge on any atom is -0.481 e. The lowest BCUT2D eigenvalue weighted by Gasteiger charge is -2.23. The van der Waals surface area contributed by atoms with Crippen LogP contribution in [0.2, 0.25) is 0 Å². The molecule has 2 N–H and O–H groups in total. The monoisotopic (exact) mass is 339 g/mol. The second-order valence-corrected chi connectivity index (χ2v) is 7.58. The number of hydrogen-bond acceptors (Lipinski definition) is 3. The van der Waals surface area contributed by atoms with Crippen LogP contribution < -0.4 is 0 Å². The lowest BCUT2D eigenvalue weighted by atomic mass is 9.89. The van der Waals surface area contributed by atoms with Crippen LogP contribution in [0.3, 0.4) is 0 Å². The predicted octanol–water partition coefficient (Wildman–Crippen LogP) is 3.59. The van der Waals surface area contributed by atoms with Crippen molar-refractivity contribution in [1.29, 1.82) is 0 Å². The normalized spacial score (nSPS) is 26.0. The Morgan fingerprint density at radius 3 is 2.74 bits per heavy atom. The van der Waals surface area contributed by atoms with Crippen LogP contribution in [0, 0.1) is 11.8 Å². The van der Waals surface area contributed by atoms with E-state index in [1.807, 2.05) is 30.3 Å². The predicted molar refractivity (Wildman–Crippen MR) is 87.4 cm³/mol. The standard InChI is InChI=1S/C17H23O5P/c1-13(16(18)19)6-5-10-17(23(20)21)15(9-11-22-17)12-14-7-3-2-4-8-14/h2-4,7-8,13,15H,5-6,9-12H2,1H3,(H-,18,19,20,21)/p+1. The van der Waals surface area contributed by atoms with Gasteiger partial charge in [-0.15, -0.1) is 0 Å². The number of rotatable bonds is 8. The Hall–Kier alpha value is -1.29. The van der Waals surface area contributed by atoms with Crippen molar-refractivity contribution >= 4 is 14.0 Å². The van der Waals surface area contributed by atoms with E-state index in [-0.39, 0.29) is 5.92 Å². The van der Waals surface area contributed by atoms with Crippen LogP contribution in [0.1, 0.15) is 38.2 Å². The molecule has 23 heavy (non-hydrogen) atoms. The van der Waals surface area contributed by atoms with Gasteiger partial charge in [0.1, 0.15) is 0 Å². The third kappa shape index (κ3) is 4.37. The molecule has 1 aliphatic heterocycles. The first-order chi connectivity index (χ1) is 11.0. The largest absolute Gasteiger partial charge is 0.541 e. The number of hydrogen-bond donors (Lipinski definition) is 2. The molecule has 5 nitrogen and oxygen atoms in total. The fourth-order valence-corrected chi connectivity index (χ4v) is 4.33. The molecule has 1 heterocycles. The van der Waals surface area contributed by atoms with E-state index in [9.17, 15) is 14.3 Å². The summed E-state index contributed by atoms with van der Waals surface area (Å²) in [4.78, 5) is 20.8. The molecule has 0 saturated carbocycles. The zero-order valence-corrected chi connectivity index (χ0v) is 14.2. The minimum absolute atomic E-state index is 0.0151. The Labute approximate surface area is 137 Å². The molecule has 0 aromatic heterocycles. The highest BCUT2D eigenvalue weighted by molar-refractivity contribution is 7.39. The summed E-state index contributed by atoms with van der Waals surface area (Å²) in [7, 11) is -2.49. The molecule has 1 aromatic rings. The summed E-state index contributed by atoms with van der Waals surface area (Å²) in [6, 6.07) is 9.89. The van der Waals surface area contributed by atoms with Gasteiger partial charge in [0.05, 0.1) is 12.5 Å². The highest BCUT2D eigenvalue weighted by Gasteiger charge is 2.59. The Kier molecular flexibility index (Phi) is 6.28. The van der Waals surface area contributed by atoms with Gasteiger partial charge in [-0.05, 0) is 35.8 Å². The molecule has 1 fully saturated rings. The second-order valence-electron chi connectivity index (χ2n) is 6.27. The first-order valence-electron chi connectivity index (χ1n) is 8.02. The van der Waals surface area contributed by atoms with Gasteiger partial charge in [-0.25, -0.2) is 0 Å². The Balaban J connectivity index is 2.05. The molecule has 6 heteroatoms. The number of carbonyl (C=O) groups is 1. The van der Waals surface area contributed by atoms with Crippen molar-refractivity contribution in [3.05, 3.63) is 35.9 Å². The molecular weight excluding hydrogens is 315 g/mol. The molecule has 1 saturated heterocycles. The molecular formula is C17H24O5P+. The first-order valence-corrected chi connectivity index (χ1v) is 9.24. The summed E-state index contributed by atoms with van der Waals surface area (Å²) in [5, 5.41) is 7.92. The summed E-state index contributed by atoms with van der Waals surface area (Å²) < 4.78 is 17.8. The number of carboxylic acid groups (broad SMARTS) is 1. The molecule has 0 spiro atoms. The number of benzene rings is 1. The topological polar surface area (TPSA) is 83.8 Å². The lowest BCUT2D eigenvalue weighted by molar-refractivity contribution is -0.141. The van der Waals surface area contributed by atoms with Gasteiger partial charge in [-0.1, -0.05) is 37.3 Å². The van der Waals surface area contributed by atoms with Gasteiger partial charge in [0, 0.05) is 12.3 Å². The molecule has 126 valence electrons. The maximum atomic E-state index is 12.0. The van der Waals surface area contributed by atoms with Gasteiger partial charge in [0.25, 0.3) is 5.34 Å². The van der Waals surface area contributed by atoms with Crippen LogP contribution in [0.4, 0.5) is 0 Å². The van der Waals surface area contributed by atoms with E-state index in [0.717, 1.165) is 12.0 Å². The Morgan fingerprint density at radius 2 is 2.13 bits per heavy atom. The lowest BCUT2D eigenvalue weighted by Crippen LogP contribution is -2.33. The Bertz CT molecular complexity index is 547. The molecule has 0 bridgehead atoms. The van der Waals surface area contributed by atoms with Crippen LogP contribution in [0.15, 0.2) is 30.3 Å². The molecule has 1 aromatic carbocycles. The maximum absolute atomic E-state index is 12.0. The van der Waals surface area contributed by atoms with E-state index in [1.165, 1.54) is 0 Å². The zero-order chi connectivity index (χ0) is 16.9. The van der Waals surface area contributed by atoms with E-state index < -0.39 is 25.3 Å². The minimum atomic E-state index is -2.49. The van der Waals surface area contributed by atoms with Crippen molar-refractivity contribution < 1.29 is 24.1 Å². The van der Waals surface area contributed by atoms with Crippen LogP contribution in [-0.2, 0) is 20.5 Å². The van der Waals surface area contributed by atoms with E-state index in [1.54, 1.807) is 6.92 Å². The van der Waals surface area contributed by atoms with Crippen LogP contribution in [0.25, 0.3) is 0 Å². The molecule has 4 atom stereocenters. The van der Waals surface area contributed by atoms with E-state index in [2.05, 4.69) is 0 Å². The van der Waals surface area contributed by atoms with Gasteiger partial charge >= 0.3 is 14.0 Å². The molecule has 0 amide bonds. The number of carboxylic acids is 1. The molecule has 0 aliphatic carbocycles. The van der Waals surface area contributed by atoms with E-state index in [0.29, 0.717) is 32.3 Å². The van der Waals surface area contributed by atoms with Crippen molar-refractivity contribution in [2.75, 3.05) is 6.61 Å². The Morgan fingerprint density at radius 1 is 1.43 bits per heavy atom. The van der Waals surface area contributed by atoms with Crippen molar-refractivity contribution in [3.8, 4) is 0 Å².